The summed E-state index contributed by atoms with van der Waals surface area (Å²) in [5.74, 6) is -0.926. The first kappa shape index (κ1) is 27.6. The summed E-state index contributed by atoms with van der Waals surface area (Å²) in [5, 5.41) is 11.0. The second-order valence-corrected chi connectivity index (χ2v) is 10.5. The highest BCUT2D eigenvalue weighted by molar-refractivity contribution is 5.79. The molecule has 42 heavy (non-hydrogen) atoms. The summed E-state index contributed by atoms with van der Waals surface area (Å²) in [6.07, 6.45) is -1.90. The molecule has 10 heteroatoms. The largest absolute Gasteiger partial charge is 0.573 e. The monoisotopic (exact) mass is 575 g/mol. The molecule has 1 unspecified atom stereocenters. The minimum Gasteiger partial charge on any atom is -0.487 e. The molecular formula is C32H28F3N3O4. The quantitative estimate of drug-likeness (QED) is 0.207. The van der Waals surface area contributed by atoms with Crippen LogP contribution < -0.4 is 9.47 Å². The lowest BCUT2D eigenvalue weighted by atomic mass is 9.78. The zero-order valence-corrected chi connectivity index (χ0v) is 22.6. The molecule has 3 aromatic carbocycles. The molecule has 0 amide bonds. The maximum absolute atomic E-state index is 12.9. The number of carboxylic acids is 1. The van der Waals surface area contributed by atoms with Crippen molar-refractivity contribution >= 4 is 27.9 Å². The third kappa shape index (κ3) is 6.02. The molecule has 216 valence electrons. The van der Waals surface area contributed by atoms with Gasteiger partial charge >= 0.3 is 12.3 Å². The summed E-state index contributed by atoms with van der Waals surface area (Å²) in [6, 6.07) is 23.0. The number of carbonyl (C=O) groups is 1. The lowest BCUT2D eigenvalue weighted by molar-refractivity contribution is -0.274. The third-order valence-electron chi connectivity index (χ3n) is 7.68. The van der Waals surface area contributed by atoms with E-state index >= 15 is 0 Å². The number of fused-ring (bicyclic) bond motifs is 2. The number of benzene rings is 3. The predicted molar refractivity (Wildman–Crippen MR) is 150 cm³/mol. The predicted octanol–water partition coefficient (Wildman–Crippen LogP) is 7.47. The Morgan fingerprint density at radius 3 is 2.57 bits per heavy atom. The van der Waals surface area contributed by atoms with Crippen LogP contribution in [0.2, 0.25) is 0 Å². The average Bonchev–Trinajstić information content (AvgIpc) is 3.32. The number of alkyl halides is 3. The number of aliphatic carboxylic acids is 1. The molecule has 2 heterocycles. The topological polar surface area (TPSA) is 86.5 Å². The molecule has 0 saturated heterocycles. The van der Waals surface area contributed by atoms with Crippen molar-refractivity contribution in [2.45, 2.75) is 51.1 Å². The van der Waals surface area contributed by atoms with Crippen LogP contribution in [0.25, 0.3) is 21.9 Å². The number of aromatic nitrogens is 3. The van der Waals surface area contributed by atoms with Crippen molar-refractivity contribution in [2.24, 2.45) is 5.92 Å². The summed E-state index contributed by atoms with van der Waals surface area (Å²) in [5.41, 5.74) is 3.57. The first-order valence-electron chi connectivity index (χ1n) is 13.8. The van der Waals surface area contributed by atoms with E-state index in [1.54, 1.807) is 12.1 Å². The number of hydrogen-bond acceptors (Lipinski definition) is 5. The SMILES string of the molecule is O=C(O)[C@H]1CCCCC1c1nc2cc(OCc3ccc4ccccc4n3)ccc2n1Cc1cccc(OC(F)(F)F)c1. The fraction of sp³-hybridized carbons (Fsp3) is 0.281. The first-order chi connectivity index (χ1) is 20.2. The number of pyridine rings is 1. The smallest absolute Gasteiger partial charge is 0.487 e. The van der Waals surface area contributed by atoms with Crippen LogP contribution in [0.5, 0.6) is 11.5 Å². The van der Waals surface area contributed by atoms with Crippen LogP contribution in [0.1, 0.15) is 48.7 Å². The van der Waals surface area contributed by atoms with Gasteiger partial charge in [0, 0.05) is 23.9 Å². The van der Waals surface area contributed by atoms with Gasteiger partial charge in [0.1, 0.15) is 23.9 Å². The number of rotatable bonds is 8. The molecule has 0 spiro atoms. The van der Waals surface area contributed by atoms with Gasteiger partial charge < -0.3 is 19.1 Å². The maximum Gasteiger partial charge on any atom is 0.573 e. The summed E-state index contributed by atoms with van der Waals surface area (Å²) in [6.45, 7) is 0.449. The Hall–Kier alpha value is -4.60. The van der Waals surface area contributed by atoms with Crippen LogP contribution in [-0.2, 0) is 17.9 Å². The number of hydrogen-bond donors (Lipinski definition) is 1. The van der Waals surface area contributed by atoms with Crippen LogP contribution in [0.15, 0.2) is 78.9 Å². The summed E-state index contributed by atoms with van der Waals surface area (Å²) in [4.78, 5) is 21.7. The molecule has 0 bridgehead atoms. The lowest BCUT2D eigenvalue weighted by Gasteiger charge is -2.28. The van der Waals surface area contributed by atoms with Crippen molar-refractivity contribution in [1.82, 2.24) is 14.5 Å². The Bertz CT molecular complexity index is 1750. The number of ether oxygens (including phenoxy) is 2. The standard InChI is InChI=1S/C32H28F3N3O4/c33-32(34,35)42-24-8-5-6-20(16-24)18-38-29-15-14-23(41-19-22-13-12-21-7-1-4-11-27(21)36-22)17-28(29)37-30(38)25-9-2-3-10-26(25)31(39)40/h1,4-8,11-17,25-26H,2-3,9-10,18-19H2,(H,39,40)/t25?,26-/m0/s1. The molecular weight excluding hydrogens is 547 g/mol. The molecule has 7 nitrogen and oxygen atoms in total. The second-order valence-electron chi connectivity index (χ2n) is 10.5. The van der Waals surface area contributed by atoms with Gasteiger partial charge in [-0.05, 0) is 54.8 Å². The molecule has 5 aromatic rings. The minimum absolute atomic E-state index is 0.199. The van der Waals surface area contributed by atoms with E-state index < -0.39 is 18.2 Å². The fourth-order valence-corrected chi connectivity index (χ4v) is 5.77. The van der Waals surface area contributed by atoms with Gasteiger partial charge in [-0.3, -0.25) is 4.79 Å². The Kier molecular flexibility index (Phi) is 7.45. The van der Waals surface area contributed by atoms with E-state index in [1.807, 2.05) is 53.1 Å². The summed E-state index contributed by atoms with van der Waals surface area (Å²) < 4.78 is 50.6. The molecule has 2 aromatic heterocycles. The van der Waals surface area contributed by atoms with Gasteiger partial charge in [-0.15, -0.1) is 13.2 Å². The Morgan fingerprint density at radius 1 is 0.905 bits per heavy atom. The van der Waals surface area contributed by atoms with Crippen LogP contribution in [0.4, 0.5) is 13.2 Å². The maximum atomic E-state index is 12.9. The zero-order valence-electron chi connectivity index (χ0n) is 22.6. The average molecular weight is 576 g/mol. The summed E-state index contributed by atoms with van der Waals surface area (Å²) in [7, 11) is 0. The van der Waals surface area contributed by atoms with E-state index in [0.29, 0.717) is 35.5 Å². The van der Waals surface area contributed by atoms with E-state index in [9.17, 15) is 23.1 Å². The van der Waals surface area contributed by atoms with Gasteiger partial charge in [0.05, 0.1) is 28.2 Å². The van der Waals surface area contributed by atoms with Crippen molar-refractivity contribution in [2.75, 3.05) is 0 Å². The molecule has 6 rings (SSSR count). The van der Waals surface area contributed by atoms with Crippen molar-refractivity contribution < 1.29 is 32.5 Å². The zero-order chi connectivity index (χ0) is 29.3. The number of imidazole rings is 1. The molecule has 1 aliphatic carbocycles. The van der Waals surface area contributed by atoms with Gasteiger partial charge in [-0.25, -0.2) is 9.97 Å². The normalized spacial score (nSPS) is 17.4. The molecule has 1 N–H and O–H groups in total. The van der Waals surface area contributed by atoms with Crippen molar-refractivity contribution in [3.63, 3.8) is 0 Å². The fourth-order valence-electron chi connectivity index (χ4n) is 5.77. The van der Waals surface area contributed by atoms with Gasteiger partial charge in [0.25, 0.3) is 0 Å². The van der Waals surface area contributed by atoms with E-state index in [4.69, 9.17) is 9.72 Å². The number of carboxylic acid groups (broad SMARTS) is 1. The van der Waals surface area contributed by atoms with Crippen LogP contribution in [0.3, 0.4) is 0 Å². The Labute approximate surface area is 239 Å². The van der Waals surface area contributed by atoms with E-state index in [0.717, 1.165) is 35.0 Å². The van der Waals surface area contributed by atoms with Crippen LogP contribution >= 0.6 is 0 Å². The van der Waals surface area contributed by atoms with Gasteiger partial charge in [0.15, 0.2) is 0 Å². The Balaban J connectivity index is 1.33. The minimum atomic E-state index is -4.80. The lowest BCUT2D eigenvalue weighted by Crippen LogP contribution is -2.27. The molecule has 1 aliphatic rings. The molecule has 0 radical (unpaired) electrons. The number of para-hydroxylation sites is 1. The number of halogens is 3. The van der Waals surface area contributed by atoms with Gasteiger partial charge in [-0.2, -0.15) is 0 Å². The molecule has 2 atom stereocenters. The number of nitrogens with zero attached hydrogens (tertiary/aromatic N) is 3. The van der Waals surface area contributed by atoms with Crippen molar-refractivity contribution in [3.05, 3.63) is 95.9 Å². The Morgan fingerprint density at radius 2 is 1.74 bits per heavy atom. The van der Waals surface area contributed by atoms with Gasteiger partial charge in [0.2, 0.25) is 0 Å². The van der Waals surface area contributed by atoms with Crippen LogP contribution in [0, 0.1) is 5.92 Å². The molecule has 0 aliphatic heterocycles. The highest BCUT2D eigenvalue weighted by atomic mass is 19.4. The van der Waals surface area contributed by atoms with Crippen LogP contribution in [-0.4, -0.2) is 32.0 Å². The molecule has 1 saturated carbocycles. The highest BCUT2D eigenvalue weighted by Crippen LogP contribution is 2.39. The summed E-state index contributed by atoms with van der Waals surface area (Å²) >= 11 is 0. The molecule has 1 fully saturated rings. The van der Waals surface area contributed by atoms with E-state index in [-0.39, 0.29) is 24.8 Å². The van der Waals surface area contributed by atoms with Crippen molar-refractivity contribution in [3.8, 4) is 11.5 Å². The first-order valence-corrected chi connectivity index (χ1v) is 13.8. The highest BCUT2D eigenvalue weighted by Gasteiger charge is 2.35. The van der Waals surface area contributed by atoms with E-state index in [1.165, 1.54) is 18.2 Å². The van der Waals surface area contributed by atoms with Crippen molar-refractivity contribution in [1.29, 1.82) is 0 Å². The second kappa shape index (κ2) is 11.3. The third-order valence-corrected chi connectivity index (χ3v) is 7.68. The van der Waals surface area contributed by atoms with E-state index in [2.05, 4.69) is 9.72 Å². The van der Waals surface area contributed by atoms with Gasteiger partial charge in [-0.1, -0.05) is 49.2 Å².